The maximum Gasteiger partial charge on any atom is 0.132 e. The highest BCUT2D eigenvalue weighted by Crippen LogP contribution is 2.48. The first-order valence-electron chi connectivity index (χ1n) is 14.4. The van der Waals surface area contributed by atoms with E-state index in [0.29, 0.717) is 21.9 Å². The molecule has 0 fully saturated rings. The lowest BCUT2D eigenvalue weighted by Gasteiger charge is -2.20. The van der Waals surface area contributed by atoms with Gasteiger partial charge in [-0.25, -0.2) is 17.6 Å². The van der Waals surface area contributed by atoms with Crippen molar-refractivity contribution in [1.29, 1.82) is 0 Å². The minimum absolute atomic E-state index is 0.0512. The van der Waals surface area contributed by atoms with Crippen molar-refractivity contribution in [3.05, 3.63) is 145 Å². The van der Waals surface area contributed by atoms with Gasteiger partial charge in [-0.05, 0) is 91.0 Å². The van der Waals surface area contributed by atoms with Crippen LogP contribution in [0.1, 0.15) is 0 Å². The van der Waals surface area contributed by atoms with Crippen molar-refractivity contribution >= 4 is 64.6 Å². The lowest BCUT2D eigenvalue weighted by atomic mass is 9.84. The van der Waals surface area contributed by atoms with Crippen LogP contribution in [-0.4, -0.2) is 0 Å². The third-order valence-corrected chi connectivity index (χ3v) is 9.03. The van der Waals surface area contributed by atoms with Gasteiger partial charge in [0.05, 0.1) is 0 Å². The maximum atomic E-state index is 16.4. The van der Waals surface area contributed by atoms with Crippen LogP contribution in [-0.2, 0) is 0 Å². The van der Waals surface area contributed by atoms with E-state index in [9.17, 15) is 0 Å². The molecule has 0 aliphatic carbocycles. The standard InChI is InChI=1S/C40H20F4/c41-31-15-13-27-29(25-11-9-21-5-1-3-7-23(21)17-25)19-33(43)39-35(27)37(31)40-34(44)20-30(28-14-16-32(42)38(39)36(28)40)26-12-10-22-6-2-4-8-24(22)18-26/h1-20H. The molecule has 0 saturated carbocycles. The minimum Gasteiger partial charge on any atom is -0.206 e. The first kappa shape index (κ1) is 25.1. The third-order valence-electron chi connectivity index (χ3n) is 9.03. The van der Waals surface area contributed by atoms with Crippen LogP contribution in [0.2, 0.25) is 0 Å². The van der Waals surface area contributed by atoms with Gasteiger partial charge < -0.3 is 0 Å². The lowest BCUT2D eigenvalue weighted by Crippen LogP contribution is -1.98. The Balaban J connectivity index is 1.44. The molecule has 0 aliphatic heterocycles. The largest absolute Gasteiger partial charge is 0.206 e. The molecule has 0 radical (unpaired) electrons. The van der Waals surface area contributed by atoms with Crippen LogP contribution in [0.4, 0.5) is 17.6 Å². The Hall–Kier alpha value is -5.48. The van der Waals surface area contributed by atoms with Crippen molar-refractivity contribution in [2.75, 3.05) is 0 Å². The summed E-state index contributed by atoms with van der Waals surface area (Å²) in [6.45, 7) is 0. The molecule has 0 N–H and O–H groups in total. The summed E-state index contributed by atoms with van der Waals surface area (Å²) in [4.78, 5) is 0. The SMILES string of the molecule is Fc1ccc2c(-c3ccc4ccccc4c3)cc(F)c3c4c(F)ccc5c(-c6ccc7ccccc7c6)cc(F)c(c1c23)c54. The highest BCUT2D eigenvalue weighted by Gasteiger charge is 2.26. The van der Waals surface area contributed by atoms with E-state index in [2.05, 4.69) is 0 Å². The highest BCUT2D eigenvalue weighted by atomic mass is 19.1. The van der Waals surface area contributed by atoms with Crippen molar-refractivity contribution in [3.63, 3.8) is 0 Å². The number of benzene rings is 9. The molecule has 0 aliphatic rings. The summed E-state index contributed by atoms with van der Waals surface area (Å²) in [6.07, 6.45) is 0. The Bertz CT molecular complexity index is 2450. The van der Waals surface area contributed by atoms with E-state index in [-0.39, 0.29) is 32.3 Å². The molecule has 9 rings (SSSR count). The average Bonchev–Trinajstić information content (AvgIpc) is 3.05. The van der Waals surface area contributed by atoms with Crippen LogP contribution in [0, 0.1) is 23.3 Å². The Morgan fingerprint density at radius 2 is 0.682 bits per heavy atom. The van der Waals surface area contributed by atoms with Gasteiger partial charge in [0.25, 0.3) is 0 Å². The summed E-state index contributed by atoms with van der Waals surface area (Å²) in [5, 5.41) is 5.16. The van der Waals surface area contributed by atoms with E-state index in [0.717, 1.165) is 32.7 Å². The van der Waals surface area contributed by atoms with Gasteiger partial charge in [-0.2, -0.15) is 0 Å². The molecule has 4 heteroatoms. The Kier molecular flexibility index (Phi) is 5.13. The van der Waals surface area contributed by atoms with E-state index in [4.69, 9.17) is 0 Å². The molecule has 0 unspecified atom stereocenters. The first-order chi connectivity index (χ1) is 21.5. The van der Waals surface area contributed by atoms with Gasteiger partial charge in [0.15, 0.2) is 0 Å². The van der Waals surface area contributed by atoms with Crippen molar-refractivity contribution < 1.29 is 17.6 Å². The predicted molar refractivity (Wildman–Crippen MR) is 173 cm³/mol. The van der Waals surface area contributed by atoms with Crippen LogP contribution in [0.15, 0.2) is 121 Å². The van der Waals surface area contributed by atoms with Gasteiger partial charge in [0.2, 0.25) is 0 Å². The molecule has 208 valence electrons. The molecule has 44 heavy (non-hydrogen) atoms. The van der Waals surface area contributed by atoms with E-state index in [1.165, 1.54) is 24.3 Å². The molecule has 0 saturated heterocycles. The summed E-state index contributed by atoms with van der Waals surface area (Å²) in [6, 6.07) is 35.7. The molecular formula is C40H20F4. The predicted octanol–water partition coefficient (Wildman–Crippen LogP) is 11.9. The summed E-state index contributed by atoms with van der Waals surface area (Å²) >= 11 is 0. The van der Waals surface area contributed by atoms with Crippen LogP contribution >= 0.6 is 0 Å². The molecule has 0 bridgehead atoms. The summed E-state index contributed by atoms with van der Waals surface area (Å²) in [5.74, 6) is -2.77. The summed E-state index contributed by atoms with van der Waals surface area (Å²) in [7, 11) is 0. The third kappa shape index (κ3) is 3.39. The van der Waals surface area contributed by atoms with Crippen LogP contribution in [0.3, 0.4) is 0 Å². The van der Waals surface area contributed by atoms with Crippen molar-refractivity contribution in [2.45, 2.75) is 0 Å². The molecule has 0 amide bonds. The van der Waals surface area contributed by atoms with E-state index in [1.807, 2.05) is 84.9 Å². The maximum absolute atomic E-state index is 16.4. The zero-order chi connectivity index (χ0) is 29.7. The van der Waals surface area contributed by atoms with Gasteiger partial charge in [-0.1, -0.05) is 84.9 Å². The number of hydrogen-bond acceptors (Lipinski definition) is 0. The highest BCUT2D eigenvalue weighted by molar-refractivity contribution is 6.35. The zero-order valence-corrected chi connectivity index (χ0v) is 23.1. The second-order valence-electron chi connectivity index (χ2n) is 11.4. The Labute approximate surface area is 248 Å². The fourth-order valence-corrected chi connectivity index (χ4v) is 7.08. The fraction of sp³-hybridized carbons (Fsp3) is 0. The molecule has 0 nitrogen and oxygen atoms in total. The molecule has 0 atom stereocenters. The molecule has 9 aromatic rings. The topological polar surface area (TPSA) is 0 Å². The smallest absolute Gasteiger partial charge is 0.132 e. The zero-order valence-electron chi connectivity index (χ0n) is 23.1. The molecule has 9 aromatic carbocycles. The normalized spacial score (nSPS) is 12.1. The molecule has 0 spiro atoms. The van der Waals surface area contributed by atoms with E-state index < -0.39 is 23.3 Å². The number of rotatable bonds is 2. The quantitative estimate of drug-likeness (QED) is 0.109. The van der Waals surface area contributed by atoms with Gasteiger partial charge in [0.1, 0.15) is 23.3 Å². The number of hydrogen-bond donors (Lipinski definition) is 0. The summed E-state index contributed by atoms with van der Waals surface area (Å²) in [5.41, 5.74) is 2.50. The second kappa shape index (κ2) is 9.01. The van der Waals surface area contributed by atoms with Gasteiger partial charge in [-0.3, -0.25) is 0 Å². The van der Waals surface area contributed by atoms with Crippen molar-refractivity contribution in [2.24, 2.45) is 0 Å². The fourth-order valence-electron chi connectivity index (χ4n) is 7.08. The first-order valence-corrected chi connectivity index (χ1v) is 14.4. The number of halogens is 4. The Morgan fingerprint density at radius 3 is 1.11 bits per heavy atom. The monoisotopic (exact) mass is 576 g/mol. The van der Waals surface area contributed by atoms with Crippen LogP contribution in [0.5, 0.6) is 0 Å². The van der Waals surface area contributed by atoms with E-state index in [1.54, 1.807) is 12.1 Å². The average molecular weight is 577 g/mol. The van der Waals surface area contributed by atoms with Crippen LogP contribution in [0.25, 0.3) is 86.9 Å². The lowest BCUT2D eigenvalue weighted by molar-refractivity contribution is 0.629. The van der Waals surface area contributed by atoms with Gasteiger partial charge >= 0.3 is 0 Å². The number of fused-ring (bicyclic) bond motifs is 4. The van der Waals surface area contributed by atoms with Crippen molar-refractivity contribution in [3.8, 4) is 22.3 Å². The molecule has 0 heterocycles. The van der Waals surface area contributed by atoms with Crippen molar-refractivity contribution in [1.82, 2.24) is 0 Å². The van der Waals surface area contributed by atoms with Crippen LogP contribution < -0.4 is 0 Å². The Morgan fingerprint density at radius 1 is 0.295 bits per heavy atom. The molecule has 0 aromatic heterocycles. The van der Waals surface area contributed by atoms with Gasteiger partial charge in [0, 0.05) is 32.3 Å². The van der Waals surface area contributed by atoms with E-state index >= 15 is 17.6 Å². The second-order valence-corrected chi connectivity index (χ2v) is 11.4. The summed E-state index contributed by atoms with van der Waals surface area (Å²) < 4.78 is 64.7. The molecular weight excluding hydrogens is 556 g/mol. The minimum atomic E-state index is -0.693. The van der Waals surface area contributed by atoms with Gasteiger partial charge in [-0.15, -0.1) is 0 Å².